The van der Waals surface area contributed by atoms with Crippen LogP contribution in [0, 0.1) is 0 Å². The lowest BCUT2D eigenvalue weighted by molar-refractivity contribution is 0.353. The summed E-state index contributed by atoms with van der Waals surface area (Å²) in [4.78, 5) is 19.2. The third-order valence-corrected chi connectivity index (χ3v) is 2.83. The third-order valence-electron chi connectivity index (χ3n) is 2.83. The normalized spacial score (nSPS) is 12.3. The quantitative estimate of drug-likeness (QED) is 0.694. The Labute approximate surface area is 119 Å². The van der Waals surface area contributed by atoms with Gasteiger partial charge in [0.05, 0.1) is 19.5 Å². The molecule has 1 unspecified atom stereocenters. The summed E-state index contributed by atoms with van der Waals surface area (Å²) < 4.78 is 10.2. The van der Waals surface area contributed by atoms with Crippen LogP contribution in [-0.2, 0) is 6.42 Å². The van der Waals surface area contributed by atoms with Crippen LogP contribution in [0.15, 0.2) is 29.4 Å². The fourth-order valence-corrected chi connectivity index (χ4v) is 1.78. The topological polar surface area (TPSA) is 129 Å². The van der Waals surface area contributed by atoms with Crippen molar-refractivity contribution in [1.29, 1.82) is 0 Å². The maximum atomic E-state index is 6.03. The SMILES string of the molecule is COc1cc(-c2noc(C(N)Cc3cnc[nH]3)n2)ncn1. The Morgan fingerprint density at radius 1 is 1.43 bits per heavy atom. The number of aromatic nitrogens is 6. The highest BCUT2D eigenvalue weighted by Gasteiger charge is 2.17. The minimum Gasteiger partial charge on any atom is -0.481 e. The predicted octanol–water partition coefficient (Wildman–Crippen LogP) is 0.501. The van der Waals surface area contributed by atoms with Gasteiger partial charge in [0, 0.05) is 24.4 Å². The van der Waals surface area contributed by atoms with Crippen LogP contribution in [0.25, 0.3) is 11.5 Å². The molecule has 3 aromatic heterocycles. The van der Waals surface area contributed by atoms with Gasteiger partial charge in [0.1, 0.15) is 12.0 Å². The first-order chi connectivity index (χ1) is 10.3. The smallest absolute Gasteiger partial charge is 0.244 e. The number of nitrogens with one attached hydrogen (secondary N) is 1. The second kappa shape index (κ2) is 5.67. The molecule has 0 spiro atoms. The zero-order chi connectivity index (χ0) is 14.7. The van der Waals surface area contributed by atoms with Gasteiger partial charge in [-0.25, -0.2) is 15.0 Å². The van der Waals surface area contributed by atoms with Gasteiger partial charge in [0.15, 0.2) is 0 Å². The molecule has 108 valence electrons. The lowest BCUT2D eigenvalue weighted by Gasteiger charge is -2.03. The molecule has 0 radical (unpaired) electrons. The van der Waals surface area contributed by atoms with E-state index in [1.165, 1.54) is 13.4 Å². The van der Waals surface area contributed by atoms with E-state index in [9.17, 15) is 0 Å². The third kappa shape index (κ3) is 2.87. The lowest BCUT2D eigenvalue weighted by Crippen LogP contribution is -2.14. The Bertz CT molecular complexity index is 710. The van der Waals surface area contributed by atoms with Crippen LogP contribution in [0.1, 0.15) is 17.6 Å². The number of imidazole rings is 1. The van der Waals surface area contributed by atoms with Crippen LogP contribution in [0.3, 0.4) is 0 Å². The molecular weight excluding hydrogens is 274 g/mol. The number of nitrogens with zero attached hydrogens (tertiary/aromatic N) is 5. The first-order valence-corrected chi connectivity index (χ1v) is 6.19. The van der Waals surface area contributed by atoms with Gasteiger partial charge in [0.2, 0.25) is 17.6 Å². The summed E-state index contributed by atoms with van der Waals surface area (Å²) in [6.07, 6.45) is 5.18. The van der Waals surface area contributed by atoms with Crippen LogP contribution in [0.5, 0.6) is 5.88 Å². The second-order valence-corrected chi connectivity index (χ2v) is 4.29. The summed E-state index contributed by atoms with van der Waals surface area (Å²) in [5, 5.41) is 3.87. The minimum atomic E-state index is -0.421. The van der Waals surface area contributed by atoms with Gasteiger partial charge in [-0.2, -0.15) is 4.98 Å². The maximum Gasteiger partial charge on any atom is 0.244 e. The van der Waals surface area contributed by atoms with E-state index in [0.717, 1.165) is 5.69 Å². The zero-order valence-electron chi connectivity index (χ0n) is 11.2. The van der Waals surface area contributed by atoms with E-state index in [1.54, 1.807) is 18.6 Å². The summed E-state index contributed by atoms with van der Waals surface area (Å²) in [5.74, 6) is 1.09. The van der Waals surface area contributed by atoms with Crippen molar-refractivity contribution in [3.05, 3.63) is 36.5 Å². The summed E-state index contributed by atoms with van der Waals surface area (Å²) in [5.41, 5.74) is 7.43. The Morgan fingerprint density at radius 3 is 3.10 bits per heavy atom. The molecule has 0 fully saturated rings. The number of H-pyrrole nitrogens is 1. The first kappa shape index (κ1) is 13.2. The lowest BCUT2D eigenvalue weighted by atomic mass is 10.2. The number of nitrogens with two attached hydrogens (primary N) is 1. The van der Waals surface area contributed by atoms with Crippen LogP contribution in [0.4, 0.5) is 0 Å². The van der Waals surface area contributed by atoms with E-state index >= 15 is 0 Å². The molecule has 1 atom stereocenters. The van der Waals surface area contributed by atoms with Gasteiger partial charge in [-0.1, -0.05) is 5.16 Å². The number of methoxy groups -OCH3 is 1. The summed E-state index contributed by atoms with van der Waals surface area (Å²) in [6, 6.07) is 1.20. The monoisotopic (exact) mass is 287 g/mol. The Morgan fingerprint density at radius 2 is 2.33 bits per heavy atom. The van der Waals surface area contributed by atoms with E-state index in [4.69, 9.17) is 15.0 Å². The Balaban J connectivity index is 1.79. The van der Waals surface area contributed by atoms with Crippen molar-refractivity contribution < 1.29 is 9.26 Å². The molecule has 21 heavy (non-hydrogen) atoms. The van der Waals surface area contributed by atoms with E-state index in [1.807, 2.05) is 0 Å². The van der Waals surface area contributed by atoms with Gasteiger partial charge >= 0.3 is 0 Å². The molecule has 0 bridgehead atoms. The molecule has 0 aliphatic carbocycles. The van der Waals surface area contributed by atoms with Crippen molar-refractivity contribution in [2.45, 2.75) is 12.5 Å². The van der Waals surface area contributed by atoms with Crippen LogP contribution < -0.4 is 10.5 Å². The van der Waals surface area contributed by atoms with Gasteiger partial charge in [-0.05, 0) is 0 Å². The van der Waals surface area contributed by atoms with Gasteiger partial charge < -0.3 is 20.0 Å². The molecular formula is C12H13N7O2. The van der Waals surface area contributed by atoms with Crippen LogP contribution >= 0.6 is 0 Å². The number of rotatable bonds is 5. The fourth-order valence-electron chi connectivity index (χ4n) is 1.78. The van der Waals surface area contributed by atoms with Gasteiger partial charge in [0.25, 0.3) is 0 Å². The summed E-state index contributed by atoms with van der Waals surface area (Å²) in [6.45, 7) is 0. The highest BCUT2D eigenvalue weighted by molar-refractivity contribution is 5.49. The van der Waals surface area contributed by atoms with Gasteiger partial charge in [-0.15, -0.1) is 0 Å². The van der Waals surface area contributed by atoms with E-state index in [-0.39, 0.29) is 0 Å². The minimum absolute atomic E-state index is 0.331. The molecule has 9 heteroatoms. The van der Waals surface area contributed by atoms with Crippen molar-refractivity contribution in [2.75, 3.05) is 7.11 Å². The zero-order valence-corrected chi connectivity index (χ0v) is 11.2. The molecule has 0 aliphatic heterocycles. The highest BCUT2D eigenvalue weighted by Crippen LogP contribution is 2.19. The first-order valence-electron chi connectivity index (χ1n) is 6.19. The number of aromatic amines is 1. The molecule has 9 nitrogen and oxygen atoms in total. The van der Waals surface area contributed by atoms with E-state index in [0.29, 0.717) is 29.7 Å². The number of hydrogen-bond acceptors (Lipinski definition) is 8. The van der Waals surface area contributed by atoms with Crippen molar-refractivity contribution in [2.24, 2.45) is 5.73 Å². The average Bonchev–Trinajstić information content (AvgIpc) is 3.18. The van der Waals surface area contributed by atoms with Crippen LogP contribution in [-0.4, -0.2) is 37.2 Å². The van der Waals surface area contributed by atoms with Crippen molar-refractivity contribution >= 4 is 0 Å². The molecule has 3 N–H and O–H groups in total. The summed E-state index contributed by atoms with van der Waals surface area (Å²) >= 11 is 0. The predicted molar refractivity (Wildman–Crippen MR) is 71.1 cm³/mol. The standard InChI is InChI=1S/C12H13N7O2/c1-20-10-3-9(16-6-17-10)11-18-12(21-19-11)8(13)2-7-4-14-5-15-7/h3-6,8H,2,13H2,1H3,(H,14,15). The molecule has 3 heterocycles. The average molecular weight is 287 g/mol. The fraction of sp³-hybridized carbons (Fsp3) is 0.250. The van der Waals surface area contributed by atoms with Crippen molar-refractivity contribution in [3.8, 4) is 17.4 Å². The molecule has 0 aromatic carbocycles. The summed E-state index contributed by atoms with van der Waals surface area (Å²) in [7, 11) is 1.52. The van der Waals surface area contributed by atoms with E-state index in [2.05, 4.69) is 30.1 Å². The molecule has 0 amide bonds. The van der Waals surface area contributed by atoms with Gasteiger partial charge in [-0.3, -0.25) is 0 Å². The number of ether oxygens (including phenoxy) is 1. The van der Waals surface area contributed by atoms with E-state index < -0.39 is 6.04 Å². The van der Waals surface area contributed by atoms with Crippen molar-refractivity contribution in [1.82, 2.24) is 30.1 Å². The highest BCUT2D eigenvalue weighted by atomic mass is 16.5. The molecule has 0 saturated heterocycles. The Kier molecular flexibility index (Phi) is 3.56. The maximum absolute atomic E-state index is 6.03. The molecule has 3 rings (SSSR count). The molecule has 0 aliphatic rings. The van der Waals surface area contributed by atoms with Crippen molar-refractivity contribution in [3.63, 3.8) is 0 Å². The number of hydrogen-bond donors (Lipinski definition) is 2. The Hall–Kier alpha value is -2.81. The van der Waals surface area contributed by atoms with Crippen LogP contribution in [0.2, 0.25) is 0 Å². The molecule has 0 saturated carbocycles. The largest absolute Gasteiger partial charge is 0.481 e. The second-order valence-electron chi connectivity index (χ2n) is 4.29. The molecule has 3 aromatic rings.